The standard InChI is InChI=1S/C15H26N2O3/c1-20-11-8-15(6-5-7-15)14(19)16-12-13(18)17-9-3-2-4-10-17/h2-12H2,1H3,(H,16,19). The van der Waals surface area contributed by atoms with Crippen molar-refractivity contribution in [1.82, 2.24) is 10.2 Å². The molecule has 1 aliphatic carbocycles. The van der Waals surface area contributed by atoms with E-state index in [1.54, 1.807) is 7.11 Å². The lowest BCUT2D eigenvalue weighted by Crippen LogP contribution is -2.50. The lowest BCUT2D eigenvalue weighted by atomic mass is 9.66. The van der Waals surface area contributed by atoms with E-state index in [4.69, 9.17) is 4.74 Å². The molecule has 1 saturated heterocycles. The summed E-state index contributed by atoms with van der Waals surface area (Å²) in [6.07, 6.45) is 7.05. The van der Waals surface area contributed by atoms with Crippen molar-refractivity contribution in [2.24, 2.45) is 5.41 Å². The Hall–Kier alpha value is -1.10. The largest absolute Gasteiger partial charge is 0.385 e. The Morgan fingerprint density at radius 3 is 2.40 bits per heavy atom. The lowest BCUT2D eigenvalue weighted by molar-refractivity contribution is -0.141. The molecule has 0 aromatic heterocycles. The van der Waals surface area contributed by atoms with Gasteiger partial charge in [-0.25, -0.2) is 0 Å². The van der Waals surface area contributed by atoms with Gasteiger partial charge >= 0.3 is 0 Å². The number of methoxy groups -OCH3 is 1. The predicted molar refractivity (Wildman–Crippen MR) is 76.2 cm³/mol. The smallest absolute Gasteiger partial charge is 0.241 e. The molecule has 114 valence electrons. The summed E-state index contributed by atoms with van der Waals surface area (Å²) in [6.45, 7) is 2.42. The van der Waals surface area contributed by atoms with Crippen LogP contribution in [0, 0.1) is 5.41 Å². The zero-order valence-electron chi connectivity index (χ0n) is 12.5. The van der Waals surface area contributed by atoms with Crippen molar-refractivity contribution in [3.8, 4) is 0 Å². The molecule has 0 spiro atoms. The molecule has 1 heterocycles. The van der Waals surface area contributed by atoms with E-state index in [-0.39, 0.29) is 23.8 Å². The summed E-state index contributed by atoms with van der Waals surface area (Å²) in [5.41, 5.74) is -0.280. The zero-order chi connectivity index (χ0) is 14.4. The zero-order valence-corrected chi connectivity index (χ0v) is 12.5. The van der Waals surface area contributed by atoms with E-state index >= 15 is 0 Å². The number of rotatable bonds is 6. The van der Waals surface area contributed by atoms with Crippen molar-refractivity contribution in [2.45, 2.75) is 44.9 Å². The molecule has 0 radical (unpaired) electrons. The molecule has 2 aliphatic rings. The maximum atomic E-state index is 12.3. The first-order valence-electron chi connectivity index (χ1n) is 7.73. The van der Waals surface area contributed by atoms with Gasteiger partial charge in [0.15, 0.2) is 0 Å². The SMILES string of the molecule is COCCC1(C(=O)NCC(=O)N2CCCCC2)CCC1. The summed E-state index contributed by atoms with van der Waals surface area (Å²) >= 11 is 0. The van der Waals surface area contributed by atoms with E-state index in [1.807, 2.05) is 4.90 Å². The minimum atomic E-state index is -0.280. The minimum absolute atomic E-state index is 0.0335. The Bertz CT molecular complexity index is 347. The lowest BCUT2D eigenvalue weighted by Gasteiger charge is -2.40. The summed E-state index contributed by atoms with van der Waals surface area (Å²) in [4.78, 5) is 26.2. The maximum Gasteiger partial charge on any atom is 0.241 e. The molecule has 1 aliphatic heterocycles. The van der Waals surface area contributed by atoms with Crippen LogP contribution in [-0.2, 0) is 14.3 Å². The predicted octanol–water partition coefficient (Wildman–Crippen LogP) is 1.32. The highest BCUT2D eigenvalue weighted by molar-refractivity contribution is 5.88. The van der Waals surface area contributed by atoms with Crippen molar-refractivity contribution >= 4 is 11.8 Å². The Labute approximate surface area is 121 Å². The quantitative estimate of drug-likeness (QED) is 0.799. The summed E-state index contributed by atoms with van der Waals surface area (Å²) in [6, 6.07) is 0. The van der Waals surface area contributed by atoms with E-state index in [0.29, 0.717) is 6.61 Å². The van der Waals surface area contributed by atoms with Crippen molar-refractivity contribution in [3.63, 3.8) is 0 Å². The number of hydrogen-bond acceptors (Lipinski definition) is 3. The van der Waals surface area contributed by atoms with Crippen LogP contribution in [0.4, 0.5) is 0 Å². The van der Waals surface area contributed by atoms with E-state index in [9.17, 15) is 9.59 Å². The van der Waals surface area contributed by atoms with E-state index < -0.39 is 0 Å². The molecule has 5 heteroatoms. The highest BCUT2D eigenvalue weighted by atomic mass is 16.5. The molecule has 2 amide bonds. The van der Waals surface area contributed by atoms with Crippen LogP contribution in [0.15, 0.2) is 0 Å². The summed E-state index contributed by atoms with van der Waals surface area (Å²) < 4.78 is 5.09. The number of hydrogen-bond donors (Lipinski definition) is 1. The van der Waals surface area contributed by atoms with Crippen LogP contribution >= 0.6 is 0 Å². The number of nitrogens with one attached hydrogen (secondary N) is 1. The van der Waals surface area contributed by atoms with Crippen LogP contribution in [0.5, 0.6) is 0 Å². The van der Waals surface area contributed by atoms with Gasteiger partial charge in [0.1, 0.15) is 0 Å². The molecule has 1 saturated carbocycles. The molecule has 5 nitrogen and oxygen atoms in total. The molecule has 1 N–H and O–H groups in total. The third kappa shape index (κ3) is 3.51. The number of likely N-dealkylation sites (tertiary alicyclic amines) is 1. The van der Waals surface area contributed by atoms with Crippen LogP contribution in [0.25, 0.3) is 0 Å². The topological polar surface area (TPSA) is 58.6 Å². The Morgan fingerprint density at radius 1 is 1.15 bits per heavy atom. The van der Waals surface area contributed by atoms with Gasteiger partial charge in [0.2, 0.25) is 11.8 Å². The Morgan fingerprint density at radius 2 is 1.85 bits per heavy atom. The van der Waals surface area contributed by atoms with Crippen LogP contribution in [0.1, 0.15) is 44.9 Å². The molecule has 2 fully saturated rings. The monoisotopic (exact) mass is 282 g/mol. The highest BCUT2D eigenvalue weighted by Crippen LogP contribution is 2.44. The van der Waals surface area contributed by atoms with Crippen molar-refractivity contribution < 1.29 is 14.3 Å². The fraction of sp³-hybridized carbons (Fsp3) is 0.867. The van der Waals surface area contributed by atoms with Gasteiger partial charge in [-0.05, 0) is 38.5 Å². The third-order valence-electron chi connectivity index (χ3n) is 4.69. The van der Waals surface area contributed by atoms with Gasteiger partial charge in [0.25, 0.3) is 0 Å². The number of amides is 2. The van der Waals surface area contributed by atoms with Crippen LogP contribution in [0.2, 0.25) is 0 Å². The van der Waals surface area contributed by atoms with Gasteiger partial charge in [-0.2, -0.15) is 0 Å². The second-order valence-corrected chi connectivity index (χ2v) is 6.00. The Balaban J connectivity index is 1.77. The molecule has 0 aromatic carbocycles. The average Bonchev–Trinajstić information content (AvgIpc) is 2.44. The number of piperidine rings is 1. The summed E-state index contributed by atoms with van der Waals surface area (Å²) in [7, 11) is 1.66. The fourth-order valence-electron chi connectivity index (χ4n) is 3.09. The molecule has 0 bridgehead atoms. The summed E-state index contributed by atoms with van der Waals surface area (Å²) in [5, 5.41) is 2.85. The van der Waals surface area contributed by atoms with Gasteiger partial charge in [-0.3, -0.25) is 9.59 Å². The second kappa shape index (κ2) is 7.07. The minimum Gasteiger partial charge on any atom is -0.385 e. The van der Waals surface area contributed by atoms with Crippen LogP contribution in [0.3, 0.4) is 0 Å². The normalized spacial score (nSPS) is 21.1. The van der Waals surface area contributed by atoms with Gasteiger partial charge < -0.3 is 15.0 Å². The van der Waals surface area contributed by atoms with Crippen molar-refractivity contribution in [2.75, 3.05) is 33.4 Å². The number of ether oxygens (including phenoxy) is 1. The van der Waals surface area contributed by atoms with Crippen molar-refractivity contribution in [3.05, 3.63) is 0 Å². The number of carbonyl (C=O) groups excluding carboxylic acids is 2. The van der Waals surface area contributed by atoms with Crippen LogP contribution < -0.4 is 5.32 Å². The first-order valence-corrected chi connectivity index (χ1v) is 7.73. The van der Waals surface area contributed by atoms with Crippen molar-refractivity contribution in [1.29, 1.82) is 0 Å². The highest BCUT2D eigenvalue weighted by Gasteiger charge is 2.43. The van der Waals surface area contributed by atoms with Gasteiger partial charge in [-0.1, -0.05) is 6.42 Å². The molecule has 0 aromatic rings. The van der Waals surface area contributed by atoms with Crippen LogP contribution in [-0.4, -0.2) is 50.1 Å². The van der Waals surface area contributed by atoms with Gasteiger partial charge in [0, 0.05) is 26.8 Å². The molecular weight excluding hydrogens is 256 g/mol. The number of nitrogens with zero attached hydrogens (tertiary/aromatic N) is 1. The van der Waals surface area contributed by atoms with E-state index in [0.717, 1.165) is 51.6 Å². The third-order valence-corrected chi connectivity index (χ3v) is 4.69. The fourth-order valence-corrected chi connectivity index (χ4v) is 3.09. The summed E-state index contributed by atoms with van der Waals surface area (Å²) in [5.74, 6) is 0.0884. The average molecular weight is 282 g/mol. The first-order chi connectivity index (χ1) is 9.68. The Kier molecular flexibility index (Phi) is 5.40. The molecule has 20 heavy (non-hydrogen) atoms. The van der Waals surface area contributed by atoms with Gasteiger partial charge in [-0.15, -0.1) is 0 Å². The first kappa shape index (κ1) is 15.3. The molecular formula is C15H26N2O3. The second-order valence-electron chi connectivity index (χ2n) is 6.00. The van der Waals surface area contributed by atoms with E-state index in [1.165, 1.54) is 6.42 Å². The maximum absolute atomic E-state index is 12.3. The van der Waals surface area contributed by atoms with Gasteiger partial charge in [0.05, 0.1) is 12.0 Å². The number of carbonyl (C=O) groups is 2. The molecule has 0 atom stereocenters. The van der Waals surface area contributed by atoms with E-state index in [2.05, 4.69) is 5.32 Å². The molecule has 2 rings (SSSR count). The molecule has 0 unspecified atom stereocenters.